The van der Waals surface area contributed by atoms with Crippen LogP contribution >= 0.6 is 0 Å². The van der Waals surface area contributed by atoms with Crippen molar-refractivity contribution in [3.05, 3.63) is 120 Å². The van der Waals surface area contributed by atoms with E-state index >= 15 is 0 Å². The van der Waals surface area contributed by atoms with Crippen molar-refractivity contribution in [1.29, 1.82) is 0 Å². The summed E-state index contributed by atoms with van der Waals surface area (Å²) in [6.07, 6.45) is 0. The third-order valence-corrected chi connectivity index (χ3v) is 7.96. The van der Waals surface area contributed by atoms with E-state index in [2.05, 4.69) is 62.0 Å². The second-order valence-electron chi connectivity index (χ2n) is 13.6. The number of hydrogen-bond acceptors (Lipinski definition) is 8. The third kappa shape index (κ3) is 8.61. The van der Waals surface area contributed by atoms with Crippen molar-refractivity contribution >= 4 is 44.3 Å². The van der Waals surface area contributed by atoms with Crippen molar-refractivity contribution < 1.29 is 36.9 Å². The first-order valence-electron chi connectivity index (χ1n) is 15.6. The Labute approximate surface area is 296 Å². The Hall–Kier alpha value is -5.27. The summed E-state index contributed by atoms with van der Waals surface area (Å²) in [4.78, 5) is 0. The molecule has 6 aromatic rings. The summed E-state index contributed by atoms with van der Waals surface area (Å²) < 4.78 is 0. The number of phenolic OH excluding ortho intramolecular Hbond substituents is 4. The maximum Gasteiger partial charge on any atom is 0.143 e. The van der Waals surface area contributed by atoms with Gasteiger partial charge in [-0.05, 0) is 69.1 Å². The molecule has 6 rings (SSSR count). The van der Waals surface area contributed by atoms with Crippen LogP contribution < -0.4 is 0 Å². The monoisotopic (exact) mass is 698 g/mol. The fourth-order valence-corrected chi connectivity index (χ4v) is 5.05. The van der Waals surface area contributed by atoms with Crippen LogP contribution in [0.15, 0.2) is 130 Å². The van der Waals surface area contributed by atoms with Crippen molar-refractivity contribution in [2.24, 2.45) is 20.5 Å². The Bertz CT molecular complexity index is 2010. The molecule has 0 radical (unpaired) electrons. The molecule has 0 aliphatic rings. The van der Waals surface area contributed by atoms with Crippen molar-refractivity contribution in [1.82, 2.24) is 0 Å². The van der Waals surface area contributed by atoms with Gasteiger partial charge >= 0.3 is 0 Å². The molecular formula is C40H40N4NiO4. The molecule has 254 valence electrons. The molecule has 0 amide bonds. The van der Waals surface area contributed by atoms with Crippen LogP contribution in [0.25, 0.3) is 21.5 Å². The van der Waals surface area contributed by atoms with Crippen LogP contribution in [0.1, 0.15) is 52.7 Å². The summed E-state index contributed by atoms with van der Waals surface area (Å²) >= 11 is 0. The van der Waals surface area contributed by atoms with E-state index in [1.165, 1.54) is 0 Å². The number of phenols is 4. The molecule has 9 heteroatoms. The molecule has 4 N–H and O–H groups in total. The maximum atomic E-state index is 10.1. The van der Waals surface area contributed by atoms with Crippen molar-refractivity contribution in [3.8, 4) is 23.0 Å². The summed E-state index contributed by atoms with van der Waals surface area (Å²) in [5, 5.41) is 60.7. The van der Waals surface area contributed by atoms with E-state index in [9.17, 15) is 20.4 Å². The summed E-state index contributed by atoms with van der Waals surface area (Å²) in [7, 11) is 0. The van der Waals surface area contributed by atoms with E-state index in [4.69, 9.17) is 0 Å². The summed E-state index contributed by atoms with van der Waals surface area (Å²) in [6, 6.07) is 32.8. The van der Waals surface area contributed by atoms with Gasteiger partial charge < -0.3 is 20.4 Å². The zero-order valence-electron chi connectivity index (χ0n) is 28.3. The van der Waals surface area contributed by atoms with Gasteiger partial charge in [-0.25, -0.2) is 0 Å². The number of rotatable bonds is 4. The molecule has 0 spiro atoms. The summed E-state index contributed by atoms with van der Waals surface area (Å²) in [5.74, 6) is 0.241. The SMILES string of the molecule is CC(C)(C)c1ccc(O)c(N=Nc2c(O)ccc3ccccc23)c1.CC(C)(C)c1ccc(O)c(N=Nc2c(O)ccc3ccccc23)c1.[Ni]. The molecule has 0 fully saturated rings. The van der Waals surface area contributed by atoms with Crippen LogP contribution in [-0.4, -0.2) is 20.4 Å². The second-order valence-corrected chi connectivity index (χ2v) is 13.6. The average molecular weight is 699 g/mol. The van der Waals surface area contributed by atoms with Gasteiger partial charge in [0.1, 0.15) is 45.7 Å². The normalized spacial score (nSPS) is 11.9. The molecule has 49 heavy (non-hydrogen) atoms. The maximum absolute atomic E-state index is 10.1. The van der Waals surface area contributed by atoms with Crippen LogP contribution in [-0.2, 0) is 27.3 Å². The summed E-state index contributed by atoms with van der Waals surface area (Å²) in [6.45, 7) is 12.6. The first kappa shape index (κ1) is 36.6. The average Bonchev–Trinajstić information content (AvgIpc) is 3.04. The molecule has 0 unspecified atom stereocenters. The number of fused-ring (bicyclic) bond motifs is 2. The van der Waals surface area contributed by atoms with E-state index in [1.54, 1.807) is 24.3 Å². The smallest absolute Gasteiger partial charge is 0.143 e. The van der Waals surface area contributed by atoms with Gasteiger partial charge in [0, 0.05) is 27.3 Å². The number of azo groups is 2. The molecule has 0 aliphatic carbocycles. The molecule has 0 atom stereocenters. The minimum atomic E-state index is -0.0560. The Kier molecular flexibility index (Phi) is 11.1. The molecule has 0 bridgehead atoms. The molecule has 0 saturated carbocycles. The van der Waals surface area contributed by atoms with Crippen LogP contribution in [0.5, 0.6) is 23.0 Å². The zero-order valence-corrected chi connectivity index (χ0v) is 29.3. The largest absolute Gasteiger partial charge is 0.506 e. The molecular weight excluding hydrogens is 659 g/mol. The Morgan fingerprint density at radius 1 is 0.408 bits per heavy atom. The van der Waals surface area contributed by atoms with Gasteiger partial charge in [-0.15, -0.1) is 20.5 Å². The minimum absolute atomic E-state index is 0. The number of nitrogens with zero attached hydrogens (tertiary/aromatic N) is 4. The van der Waals surface area contributed by atoms with Crippen LogP contribution in [0.3, 0.4) is 0 Å². The quantitative estimate of drug-likeness (QED) is 0.108. The predicted molar refractivity (Wildman–Crippen MR) is 193 cm³/mol. The minimum Gasteiger partial charge on any atom is -0.506 e. The Morgan fingerprint density at radius 3 is 1.12 bits per heavy atom. The van der Waals surface area contributed by atoms with Crippen molar-refractivity contribution in [3.63, 3.8) is 0 Å². The van der Waals surface area contributed by atoms with E-state index in [-0.39, 0.29) is 50.3 Å². The van der Waals surface area contributed by atoms with Crippen LogP contribution in [0.2, 0.25) is 0 Å². The van der Waals surface area contributed by atoms with Gasteiger partial charge in [0.25, 0.3) is 0 Å². The topological polar surface area (TPSA) is 130 Å². The zero-order chi connectivity index (χ0) is 34.6. The molecule has 0 heterocycles. The van der Waals surface area contributed by atoms with Crippen LogP contribution in [0.4, 0.5) is 22.7 Å². The molecule has 6 aromatic carbocycles. The number of aromatic hydroxyl groups is 4. The van der Waals surface area contributed by atoms with Gasteiger partial charge in [0.15, 0.2) is 0 Å². The molecule has 0 aromatic heterocycles. The first-order valence-corrected chi connectivity index (χ1v) is 15.6. The van der Waals surface area contributed by atoms with E-state index in [0.717, 1.165) is 32.7 Å². The second kappa shape index (κ2) is 14.9. The van der Waals surface area contributed by atoms with Gasteiger partial charge in [0.2, 0.25) is 0 Å². The predicted octanol–water partition coefficient (Wildman–Crippen LogP) is 11.9. The standard InChI is InChI=1S/2C20H20N2O2.Ni/c2*1-20(2,3)14-9-11-17(23)16(12-14)21-22-19-15-7-5-4-6-13(15)8-10-18(19)24;/h2*4-12,23-24H,1-3H3;. The molecule has 0 saturated heterocycles. The Morgan fingerprint density at radius 2 is 0.755 bits per heavy atom. The van der Waals surface area contributed by atoms with E-state index in [0.29, 0.717) is 22.7 Å². The number of benzene rings is 6. The fraction of sp³-hybridized carbons (Fsp3) is 0.200. The van der Waals surface area contributed by atoms with Gasteiger partial charge in [0.05, 0.1) is 0 Å². The number of hydrogen-bond donors (Lipinski definition) is 4. The molecule has 0 aliphatic heterocycles. The fourth-order valence-electron chi connectivity index (χ4n) is 5.05. The van der Waals surface area contributed by atoms with Crippen LogP contribution in [0, 0.1) is 0 Å². The van der Waals surface area contributed by atoms with Crippen molar-refractivity contribution in [2.75, 3.05) is 0 Å². The first-order chi connectivity index (χ1) is 22.7. The summed E-state index contributed by atoms with van der Waals surface area (Å²) in [5.41, 5.74) is 3.55. The molecule has 8 nitrogen and oxygen atoms in total. The van der Waals surface area contributed by atoms with E-state index < -0.39 is 0 Å². The Balaban J connectivity index is 0.000000216. The van der Waals surface area contributed by atoms with Gasteiger partial charge in [-0.2, -0.15) is 0 Å². The van der Waals surface area contributed by atoms with E-state index in [1.807, 2.05) is 84.9 Å². The van der Waals surface area contributed by atoms with Gasteiger partial charge in [-0.1, -0.05) is 114 Å². The van der Waals surface area contributed by atoms with Gasteiger partial charge in [-0.3, -0.25) is 0 Å². The third-order valence-electron chi connectivity index (χ3n) is 7.96. The van der Waals surface area contributed by atoms with Crippen molar-refractivity contribution in [2.45, 2.75) is 52.4 Å².